The number of aromatic nitrogens is 2. The van der Waals surface area contributed by atoms with E-state index in [9.17, 15) is 0 Å². The molecule has 0 radical (unpaired) electrons. The van der Waals surface area contributed by atoms with Crippen LogP contribution in [0.5, 0.6) is 5.75 Å². The van der Waals surface area contributed by atoms with Crippen molar-refractivity contribution in [2.24, 2.45) is 12.8 Å². The highest BCUT2D eigenvalue weighted by atomic mass is 16.5. The Morgan fingerprint density at radius 2 is 2.05 bits per heavy atom. The number of nitrogens with two attached hydrogens (primary N) is 1. The van der Waals surface area contributed by atoms with E-state index < -0.39 is 0 Å². The molecule has 0 unspecified atom stereocenters. The highest BCUT2D eigenvalue weighted by Gasteiger charge is 2.21. The van der Waals surface area contributed by atoms with E-state index in [0.717, 1.165) is 42.9 Å². The van der Waals surface area contributed by atoms with Gasteiger partial charge in [-0.15, -0.1) is 0 Å². The van der Waals surface area contributed by atoms with Crippen LogP contribution in [0.2, 0.25) is 0 Å². The molecule has 1 aliphatic rings. The van der Waals surface area contributed by atoms with Crippen molar-refractivity contribution in [2.45, 2.75) is 18.9 Å². The summed E-state index contributed by atoms with van der Waals surface area (Å²) in [5, 5.41) is 4.45. The number of hydrogen-bond donors (Lipinski definition) is 1. The van der Waals surface area contributed by atoms with Gasteiger partial charge in [-0.3, -0.25) is 4.68 Å². The second-order valence-electron chi connectivity index (χ2n) is 5.56. The first-order valence-electron chi connectivity index (χ1n) is 7.36. The van der Waals surface area contributed by atoms with Crippen LogP contribution < -0.4 is 15.4 Å². The maximum atomic E-state index is 6.00. The number of aryl methyl sites for hydroxylation is 1. The number of hydrogen-bond acceptors (Lipinski definition) is 4. The second-order valence-corrected chi connectivity index (χ2v) is 5.56. The van der Waals surface area contributed by atoms with E-state index in [-0.39, 0.29) is 0 Å². The first kappa shape index (κ1) is 13.9. The number of benzene rings is 1. The van der Waals surface area contributed by atoms with E-state index in [4.69, 9.17) is 10.5 Å². The molecular weight excluding hydrogens is 264 g/mol. The standard InChI is InChI=1S/C16H22N4O/c1-19-16(12-4-3-5-14(10-12)21-2)15(11-18-19)20-8-6-13(17)7-9-20/h3-5,10-11,13H,6-9,17H2,1-2H3. The van der Waals surface area contributed by atoms with Crippen LogP contribution in [-0.2, 0) is 7.05 Å². The first-order chi connectivity index (χ1) is 10.2. The van der Waals surface area contributed by atoms with E-state index in [1.807, 2.05) is 30.1 Å². The van der Waals surface area contributed by atoms with Gasteiger partial charge in [0.05, 0.1) is 24.7 Å². The van der Waals surface area contributed by atoms with Gasteiger partial charge >= 0.3 is 0 Å². The molecule has 0 bridgehead atoms. The predicted octanol–water partition coefficient (Wildman–Crippen LogP) is 2.02. The lowest BCUT2D eigenvalue weighted by atomic mass is 10.0. The Labute approximate surface area is 125 Å². The molecule has 112 valence electrons. The van der Waals surface area contributed by atoms with Crippen molar-refractivity contribution in [1.29, 1.82) is 0 Å². The number of anilines is 1. The summed E-state index contributed by atoms with van der Waals surface area (Å²) in [5.74, 6) is 0.861. The van der Waals surface area contributed by atoms with Crippen LogP contribution in [0.15, 0.2) is 30.5 Å². The van der Waals surface area contributed by atoms with Crippen molar-refractivity contribution in [3.8, 4) is 17.0 Å². The van der Waals surface area contributed by atoms with Gasteiger partial charge in [-0.1, -0.05) is 12.1 Å². The minimum absolute atomic E-state index is 0.332. The lowest BCUT2D eigenvalue weighted by molar-refractivity contribution is 0.415. The molecule has 0 atom stereocenters. The molecule has 0 aliphatic carbocycles. The molecule has 1 aromatic heterocycles. The normalized spacial score (nSPS) is 16.2. The molecule has 21 heavy (non-hydrogen) atoms. The van der Waals surface area contributed by atoms with Gasteiger partial charge in [-0.25, -0.2) is 0 Å². The summed E-state index contributed by atoms with van der Waals surface area (Å²) in [6.07, 6.45) is 4.02. The van der Waals surface area contributed by atoms with Crippen molar-refractivity contribution in [1.82, 2.24) is 9.78 Å². The average Bonchev–Trinajstić information content (AvgIpc) is 2.90. The van der Waals surface area contributed by atoms with Crippen molar-refractivity contribution in [2.75, 3.05) is 25.1 Å². The van der Waals surface area contributed by atoms with Gasteiger partial charge in [0.2, 0.25) is 0 Å². The van der Waals surface area contributed by atoms with Crippen LogP contribution >= 0.6 is 0 Å². The Balaban J connectivity index is 1.96. The zero-order valence-corrected chi connectivity index (χ0v) is 12.6. The topological polar surface area (TPSA) is 56.3 Å². The Morgan fingerprint density at radius 1 is 1.29 bits per heavy atom. The average molecular weight is 286 g/mol. The summed E-state index contributed by atoms with van der Waals surface area (Å²) in [5.41, 5.74) is 9.43. The Bertz CT molecular complexity index is 614. The lowest BCUT2D eigenvalue weighted by Gasteiger charge is -2.31. The third kappa shape index (κ3) is 2.74. The van der Waals surface area contributed by atoms with E-state index in [0.29, 0.717) is 6.04 Å². The summed E-state index contributed by atoms with van der Waals surface area (Å²) in [7, 11) is 3.67. The Morgan fingerprint density at radius 3 is 2.76 bits per heavy atom. The van der Waals surface area contributed by atoms with Gasteiger partial charge in [0.25, 0.3) is 0 Å². The molecular formula is C16H22N4O. The predicted molar refractivity (Wildman–Crippen MR) is 84.6 cm³/mol. The fourth-order valence-electron chi connectivity index (χ4n) is 2.90. The quantitative estimate of drug-likeness (QED) is 0.938. The summed E-state index contributed by atoms with van der Waals surface area (Å²) in [4.78, 5) is 2.38. The highest BCUT2D eigenvalue weighted by molar-refractivity contribution is 5.76. The molecule has 2 N–H and O–H groups in total. The van der Waals surface area contributed by atoms with Crippen LogP contribution in [0, 0.1) is 0 Å². The van der Waals surface area contributed by atoms with E-state index >= 15 is 0 Å². The van der Waals surface area contributed by atoms with E-state index in [1.54, 1.807) is 7.11 Å². The van der Waals surface area contributed by atoms with Crippen LogP contribution in [0.25, 0.3) is 11.3 Å². The van der Waals surface area contributed by atoms with Crippen LogP contribution in [0.1, 0.15) is 12.8 Å². The van der Waals surface area contributed by atoms with Gasteiger partial charge in [-0.2, -0.15) is 5.10 Å². The van der Waals surface area contributed by atoms with Gasteiger partial charge in [0.15, 0.2) is 0 Å². The van der Waals surface area contributed by atoms with Gasteiger partial charge in [0.1, 0.15) is 5.75 Å². The minimum atomic E-state index is 0.332. The van der Waals surface area contributed by atoms with Crippen molar-refractivity contribution in [3.05, 3.63) is 30.5 Å². The summed E-state index contributed by atoms with van der Waals surface area (Å²) < 4.78 is 7.26. The molecule has 0 spiro atoms. The minimum Gasteiger partial charge on any atom is -0.497 e. The fourth-order valence-corrected chi connectivity index (χ4v) is 2.90. The van der Waals surface area contributed by atoms with Crippen LogP contribution in [0.4, 0.5) is 5.69 Å². The fraction of sp³-hybridized carbons (Fsp3) is 0.438. The number of nitrogens with zero attached hydrogens (tertiary/aromatic N) is 3. The zero-order chi connectivity index (χ0) is 14.8. The SMILES string of the molecule is COc1cccc(-c2c(N3CCC(N)CC3)cnn2C)c1. The lowest BCUT2D eigenvalue weighted by Crippen LogP contribution is -2.39. The third-order valence-electron chi connectivity index (χ3n) is 4.14. The van der Waals surface area contributed by atoms with Crippen molar-refractivity contribution < 1.29 is 4.74 Å². The van der Waals surface area contributed by atoms with Crippen LogP contribution in [0.3, 0.4) is 0 Å². The third-order valence-corrected chi connectivity index (χ3v) is 4.14. The molecule has 0 amide bonds. The molecule has 2 aromatic rings. The summed E-state index contributed by atoms with van der Waals surface area (Å²) in [6, 6.07) is 8.45. The molecule has 5 nitrogen and oxygen atoms in total. The van der Waals surface area contributed by atoms with Gasteiger partial charge in [0, 0.05) is 31.7 Å². The number of methoxy groups -OCH3 is 1. The second kappa shape index (κ2) is 5.77. The maximum Gasteiger partial charge on any atom is 0.119 e. The molecule has 0 saturated carbocycles. The number of rotatable bonds is 3. The molecule has 5 heteroatoms. The Kier molecular flexibility index (Phi) is 3.84. The number of piperidine rings is 1. The highest BCUT2D eigenvalue weighted by Crippen LogP contribution is 2.33. The zero-order valence-electron chi connectivity index (χ0n) is 12.6. The largest absolute Gasteiger partial charge is 0.497 e. The van der Waals surface area contributed by atoms with E-state index in [2.05, 4.69) is 22.1 Å². The molecule has 1 aromatic carbocycles. The number of ether oxygens (including phenoxy) is 1. The van der Waals surface area contributed by atoms with Gasteiger partial charge < -0.3 is 15.4 Å². The van der Waals surface area contributed by atoms with E-state index in [1.165, 1.54) is 5.69 Å². The molecule has 2 heterocycles. The molecule has 1 saturated heterocycles. The first-order valence-corrected chi connectivity index (χ1v) is 7.36. The maximum absolute atomic E-state index is 6.00. The molecule has 1 fully saturated rings. The molecule has 3 rings (SSSR count). The van der Waals surface area contributed by atoms with Crippen molar-refractivity contribution in [3.63, 3.8) is 0 Å². The van der Waals surface area contributed by atoms with Crippen molar-refractivity contribution >= 4 is 5.69 Å². The monoisotopic (exact) mass is 286 g/mol. The smallest absolute Gasteiger partial charge is 0.119 e. The Hall–Kier alpha value is -2.01. The summed E-state index contributed by atoms with van der Waals surface area (Å²) >= 11 is 0. The van der Waals surface area contributed by atoms with Crippen LogP contribution in [-0.4, -0.2) is 36.0 Å². The summed E-state index contributed by atoms with van der Waals surface area (Å²) in [6.45, 7) is 1.98. The van der Waals surface area contributed by atoms with Gasteiger partial charge in [-0.05, 0) is 25.0 Å². The molecule has 1 aliphatic heterocycles.